The molecule has 1 amide bonds. The molecule has 6 heteroatoms. The van der Waals surface area contributed by atoms with E-state index in [2.05, 4.69) is 5.32 Å². The number of carbonyl (C=O) groups is 2. The van der Waals surface area contributed by atoms with Gasteiger partial charge < -0.3 is 15.2 Å². The summed E-state index contributed by atoms with van der Waals surface area (Å²) < 4.78 is 5.12. The van der Waals surface area contributed by atoms with Crippen molar-refractivity contribution in [1.29, 1.82) is 0 Å². The molecule has 5 nitrogen and oxygen atoms in total. The smallest absolute Gasteiger partial charge is 0.405 e. The van der Waals surface area contributed by atoms with Gasteiger partial charge in [-0.1, -0.05) is 0 Å². The molecule has 0 saturated heterocycles. The number of carboxylic acid groups (broad SMARTS) is 1. The number of hydrogen-bond acceptors (Lipinski definition) is 4. The van der Waals surface area contributed by atoms with E-state index in [1.54, 1.807) is 32.5 Å². The Morgan fingerprint density at radius 2 is 2.00 bits per heavy atom. The van der Waals surface area contributed by atoms with E-state index < -0.39 is 23.7 Å². The second kappa shape index (κ2) is 6.62. The summed E-state index contributed by atoms with van der Waals surface area (Å²) in [5, 5.41) is 10.8. The molecule has 0 unspecified atom stereocenters. The van der Waals surface area contributed by atoms with E-state index in [9.17, 15) is 9.59 Å². The molecule has 0 bridgehead atoms. The van der Waals surface area contributed by atoms with Crippen molar-refractivity contribution in [1.82, 2.24) is 5.32 Å². The van der Waals surface area contributed by atoms with Crippen molar-refractivity contribution in [2.24, 2.45) is 0 Å². The first-order chi connectivity index (χ1) is 7.26. The molecule has 0 spiro atoms. The number of esters is 1. The largest absolute Gasteiger partial charge is 0.465 e. The minimum Gasteiger partial charge on any atom is -0.465 e. The summed E-state index contributed by atoms with van der Waals surface area (Å²) >= 11 is 1.55. The summed E-state index contributed by atoms with van der Waals surface area (Å²) in [6.45, 7) is 5.24. The topological polar surface area (TPSA) is 75.6 Å². The number of nitrogens with one attached hydrogen (secondary N) is 1. The molecule has 0 fully saturated rings. The van der Waals surface area contributed by atoms with Crippen molar-refractivity contribution in [3.8, 4) is 0 Å². The Kier molecular flexibility index (Phi) is 6.25. The van der Waals surface area contributed by atoms with Crippen molar-refractivity contribution in [3.63, 3.8) is 0 Å². The molecule has 1 atom stereocenters. The Labute approximate surface area is 99.9 Å². The van der Waals surface area contributed by atoms with Crippen molar-refractivity contribution in [2.45, 2.75) is 38.8 Å². The number of thioether (sulfide) groups is 1. The molecule has 16 heavy (non-hydrogen) atoms. The maximum atomic E-state index is 11.6. The number of amides is 1. The quantitative estimate of drug-likeness (QED) is 0.725. The highest BCUT2D eigenvalue weighted by Crippen LogP contribution is 2.11. The average Bonchev–Trinajstić information content (AvgIpc) is 2.08. The second-order valence-electron chi connectivity index (χ2n) is 4.32. The van der Waals surface area contributed by atoms with Gasteiger partial charge in [-0.3, -0.25) is 0 Å². The van der Waals surface area contributed by atoms with Gasteiger partial charge in [0.1, 0.15) is 11.6 Å². The van der Waals surface area contributed by atoms with E-state index in [1.165, 1.54) is 0 Å². The molecular weight excluding hydrogens is 230 g/mol. The van der Waals surface area contributed by atoms with E-state index in [0.717, 1.165) is 0 Å². The third kappa shape index (κ3) is 7.39. The Bertz CT molecular complexity index is 250. The van der Waals surface area contributed by atoms with Gasteiger partial charge >= 0.3 is 12.1 Å². The normalized spacial score (nSPS) is 13.0. The SMILES string of the molecule is CSCC[C@H](NC(=O)O)C(=O)OC(C)(C)C. The van der Waals surface area contributed by atoms with Crippen LogP contribution in [-0.2, 0) is 9.53 Å². The Morgan fingerprint density at radius 1 is 1.44 bits per heavy atom. The monoisotopic (exact) mass is 249 g/mol. The zero-order valence-corrected chi connectivity index (χ0v) is 10.9. The maximum absolute atomic E-state index is 11.6. The van der Waals surface area contributed by atoms with Crippen LogP contribution >= 0.6 is 11.8 Å². The lowest BCUT2D eigenvalue weighted by Crippen LogP contribution is -2.44. The highest BCUT2D eigenvalue weighted by molar-refractivity contribution is 7.98. The molecule has 0 aliphatic rings. The Hall–Kier alpha value is -0.910. The van der Waals surface area contributed by atoms with Gasteiger partial charge in [-0.25, -0.2) is 9.59 Å². The van der Waals surface area contributed by atoms with Gasteiger partial charge in [0.15, 0.2) is 0 Å². The third-order valence-electron chi connectivity index (χ3n) is 1.60. The molecule has 0 aliphatic carbocycles. The van der Waals surface area contributed by atoms with Crippen molar-refractivity contribution >= 4 is 23.8 Å². The van der Waals surface area contributed by atoms with Crippen LogP contribution in [0.3, 0.4) is 0 Å². The van der Waals surface area contributed by atoms with Gasteiger partial charge in [0.2, 0.25) is 0 Å². The Morgan fingerprint density at radius 3 is 2.38 bits per heavy atom. The van der Waals surface area contributed by atoms with E-state index in [1.807, 2.05) is 6.26 Å². The molecule has 0 saturated carbocycles. The van der Waals surface area contributed by atoms with E-state index >= 15 is 0 Å². The molecule has 0 aromatic rings. The summed E-state index contributed by atoms with van der Waals surface area (Å²) in [5.74, 6) is 0.174. The van der Waals surface area contributed by atoms with Crippen LogP contribution in [0.15, 0.2) is 0 Å². The van der Waals surface area contributed by atoms with Crippen molar-refractivity contribution in [2.75, 3.05) is 12.0 Å². The van der Waals surface area contributed by atoms with Crippen LogP contribution < -0.4 is 5.32 Å². The average molecular weight is 249 g/mol. The van der Waals surface area contributed by atoms with Gasteiger partial charge in [0.05, 0.1) is 0 Å². The summed E-state index contributed by atoms with van der Waals surface area (Å²) in [4.78, 5) is 22.2. The van der Waals surface area contributed by atoms with E-state index in [-0.39, 0.29) is 0 Å². The zero-order valence-electron chi connectivity index (χ0n) is 10.1. The third-order valence-corrected chi connectivity index (χ3v) is 2.24. The molecular formula is C10H19NO4S. The first-order valence-corrected chi connectivity index (χ1v) is 6.37. The number of ether oxygens (including phenoxy) is 1. The zero-order chi connectivity index (χ0) is 12.8. The lowest BCUT2D eigenvalue weighted by atomic mass is 10.1. The van der Waals surface area contributed by atoms with Crippen LogP contribution in [0.1, 0.15) is 27.2 Å². The number of rotatable bonds is 5. The Balaban J connectivity index is 4.37. The van der Waals surface area contributed by atoms with Crippen LogP contribution in [0, 0.1) is 0 Å². The fraction of sp³-hybridized carbons (Fsp3) is 0.800. The fourth-order valence-electron chi connectivity index (χ4n) is 1.01. The summed E-state index contributed by atoms with van der Waals surface area (Å²) in [6.07, 6.45) is 1.12. The lowest BCUT2D eigenvalue weighted by molar-refractivity contribution is -0.157. The van der Waals surface area contributed by atoms with Crippen LogP contribution in [-0.4, -0.2) is 40.8 Å². The van der Waals surface area contributed by atoms with Crippen LogP contribution in [0.4, 0.5) is 4.79 Å². The molecule has 0 aromatic heterocycles. The lowest BCUT2D eigenvalue weighted by Gasteiger charge is -2.23. The standard InChI is InChI=1S/C10H19NO4S/c1-10(2,3)15-8(12)7(5-6-16-4)11-9(13)14/h7,11H,5-6H2,1-4H3,(H,13,14)/t7-/m0/s1. The van der Waals surface area contributed by atoms with Gasteiger partial charge in [0, 0.05) is 0 Å². The van der Waals surface area contributed by atoms with Crippen LogP contribution in [0.25, 0.3) is 0 Å². The highest BCUT2D eigenvalue weighted by atomic mass is 32.2. The molecule has 0 aromatic carbocycles. The predicted octanol–water partition coefficient (Wildman–Crippen LogP) is 1.72. The van der Waals surface area contributed by atoms with Crippen molar-refractivity contribution in [3.05, 3.63) is 0 Å². The first-order valence-electron chi connectivity index (χ1n) is 4.97. The van der Waals surface area contributed by atoms with Gasteiger partial charge in [-0.05, 0) is 39.2 Å². The summed E-state index contributed by atoms with van der Waals surface area (Å²) in [7, 11) is 0. The second-order valence-corrected chi connectivity index (χ2v) is 5.30. The number of hydrogen-bond donors (Lipinski definition) is 2. The van der Waals surface area contributed by atoms with Crippen LogP contribution in [0.5, 0.6) is 0 Å². The van der Waals surface area contributed by atoms with Crippen molar-refractivity contribution < 1.29 is 19.4 Å². The van der Waals surface area contributed by atoms with Crippen LogP contribution in [0.2, 0.25) is 0 Å². The van der Waals surface area contributed by atoms with Gasteiger partial charge in [-0.15, -0.1) is 0 Å². The summed E-state index contributed by atoms with van der Waals surface area (Å²) in [5.41, 5.74) is -0.602. The first kappa shape index (κ1) is 15.1. The molecule has 0 rings (SSSR count). The predicted molar refractivity (Wildman–Crippen MR) is 63.8 cm³/mol. The van der Waals surface area contributed by atoms with Gasteiger partial charge in [-0.2, -0.15) is 11.8 Å². The van der Waals surface area contributed by atoms with E-state index in [0.29, 0.717) is 12.2 Å². The number of carbonyl (C=O) groups excluding carboxylic acids is 1. The fourth-order valence-corrected chi connectivity index (χ4v) is 1.48. The minimum absolute atomic E-state index is 0.433. The molecule has 2 N–H and O–H groups in total. The maximum Gasteiger partial charge on any atom is 0.405 e. The molecule has 0 aliphatic heterocycles. The highest BCUT2D eigenvalue weighted by Gasteiger charge is 2.25. The van der Waals surface area contributed by atoms with Gasteiger partial charge in [0.25, 0.3) is 0 Å². The summed E-state index contributed by atoms with van der Waals surface area (Å²) in [6, 6.07) is -0.788. The molecule has 94 valence electrons. The molecule has 0 radical (unpaired) electrons. The van der Waals surface area contributed by atoms with E-state index in [4.69, 9.17) is 9.84 Å². The minimum atomic E-state index is -1.21. The molecule has 0 heterocycles.